The molecule has 90 valence electrons. The molecule has 1 fully saturated rings. The Balaban J connectivity index is 2.91. The van der Waals surface area contributed by atoms with Crippen LogP contribution in [0.4, 0.5) is 0 Å². The maximum absolute atomic E-state index is 5.86. The molecule has 1 rings (SSSR count). The molecule has 0 aromatic rings. The first-order valence-electron chi connectivity index (χ1n) is 5.46. The Kier molecular flexibility index (Phi) is 3.50. The molecule has 16 heavy (non-hydrogen) atoms. The van der Waals surface area contributed by atoms with Gasteiger partial charge in [0.15, 0.2) is 0 Å². The van der Waals surface area contributed by atoms with Gasteiger partial charge in [-0.15, -0.1) is 0 Å². The largest absolute Gasteiger partial charge is 0.514 e. The van der Waals surface area contributed by atoms with Crippen molar-refractivity contribution in [2.75, 3.05) is 7.05 Å². The van der Waals surface area contributed by atoms with Gasteiger partial charge in [0.05, 0.1) is 16.8 Å². The van der Waals surface area contributed by atoms with E-state index in [0.29, 0.717) is 5.70 Å². The van der Waals surface area contributed by atoms with Crippen LogP contribution in [-0.4, -0.2) is 31.0 Å². The molecule has 5 heteroatoms. The predicted molar refractivity (Wildman–Crippen MR) is 67.4 cm³/mol. The molecule has 4 nitrogen and oxygen atoms in total. The second kappa shape index (κ2) is 4.22. The smallest absolute Gasteiger partial charge is 0.402 e. The highest BCUT2D eigenvalue weighted by Gasteiger charge is 2.52. The van der Waals surface area contributed by atoms with Gasteiger partial charge in [-0.2, -0.15) is 0 Å². The molecule has 0 unspecified atom stereocenters. The fourth-order valence-corrected chi connectivity index (χ4v) is 1.44. The fraction of sp³-hybridized carbons (Fsp3) is 0.727. The zero-order chi connectivity index (χ0) is 12.6. The van der Waals surface area contributed by atoms with Crippen LogP contribution in [0.25, 0.3) is 0 Å². The van der Waals surface area contributed by atoms with E-state index in [4.69, 9.17) is 15.0 Å². The van der Waals surface area contributed by atoms with E-state index in [-0.39, 0.29) is 11.2 Å². The average molecular weight is 224 g/mol. The molecule has 0 bridgehead atoms. The molecule has 0 saturated carbocycles. The van der Waals surface area contributed by atoms with Gasteiger partial charge in [0, 0.05) is 12.7 Å². The van der Waals surface area contributed by atoms with Crippen molar-refractivity contribution in [3.05, 3.63) is 11.8 Å². The van der Waals surface area contributed by atoms with E-state index in [1.807, 2.05) is 34.6 Å². The van der Waals surface area contributed by atoms with E-state index in [1.54, 1.807) is 13.1 Å². The predicted octanol–water partition coefficient (Wildman–Crippen LogP) is 1.55. The first kappa shape index (κ1) is 13.3. The molecule has 2 N–H and O–H groups in total. The Labute approximate surface area is 98.0 Å². The van der Waals surface area contributed by atoms with E-state index in [1.165, 1.54) is 0 Å². The van der Waals surface area contributed by atoms with E-state index < -0.39 is 7.12 Å². The number of rotatable bonds is 2. The van der Waals surface area contributed by atoms with Crippen molar-refractivity contribution in [2.45, 2.75) is 45.8 Å². The minimum Gasteiger partial charge on any atom is -0.402 e. The van der Waals surface area contributed by atoms with Gasteiger partial charge in [0.2, 0.25) is 0 Å². The maximum atomic E-state index is 5.86. The van der Waals surface area contributed by atoms with Crippen molar-refractivity contribution >= 4 is 12.7 Å². The summed E-state index contributed by atoms with van der Waals surface area (Å²) < 4.78 is 11.7. The molecule has 0 spiro atoms. The lowest BCUT2D eigenvalue weighted by Gasteiger charge is -2.32. The molecular weight excluding hydrogens is 203 g/mol. The van der Waals surface area contributed by atoms with Crippen LogP contribution in [-0.2, 0) is 9.31 Å². The van der Waals surface area contributed by atoms with Gasteiger partial charge >= 0.3 is 7.12 Å². The lowest BCUT2D eigenvalue weighted by molar-refractivity contribution is 0.00578. The molecule has 0 radical (unpaired) electrons. The van der Waals surface area contributed by atoms with E-state index in [0.717, 1.165) is 5.61 Å². The van der Waals surface area contributed by atoms with Crippen LogP contribution in [0.5, 0.6) is 0 Å². The molecular formula is C11H21BN2O2. The molecule has 0 amide bonds. The summed E-state index contributed by atoms with van der Waals surface area (Å²) in [6.45, 7) is 9.87. The van der Waals surface area contributed by atoms with Crippen molar-refractivity contribution in [3.8, 4) is 0 Å². The van der Waals surface area contributed by atoms with Crippen LogP contribution >= 0.6 is 0 Å². The Morgan fingerprint density at radius 1 is 1.19 bits per heavy atom. The van der Waals surface area contributed by atoms with Gasteiger partial charge in [-0.05, 0) is 40.7 Å². The molecule has 0 aromatic heterocycles. The fourth-order valence-electron chi connectivity index (χ4n) is 1.44. The molecule has 1 aliphatic rings. The topological polar surface area (TPSA) is 56.8 Å². The van der Waals surface area contributed by atoms with Crippen LogP contribution in [0.3, 0.4) is 0 Å². The third-order valence-electron chi connectivity index (χ3n) is 3.13. The molecule has 0 aliphatic carbocycles. The normalized spacial score (nSPS) is 25.0. The second-order valence-corrected chi connectivity index (χ2v) is 5.13. The second-order valence-electron chi connectivity index (χ2n) is 5.13. The Bertz CT molecular complexity index is 315. The van der Waals surface area contributed by atoms with E-state index in [2.05, 4.69) is 4.99 Å². The summed E-state index contributed by atoms with van der Waals surface area (Å²) in [6, 6.07) is 0. The summed E-state index contributed by atoms with van der Waals surface area (Å²) >= 11 is 0. The number of aliphatic imine (C=N–C) groups is 1. The van der Waals surface area contributed by atoms with Crippen molar-refractivity contribution < 1.29 is 9.31 Å². The average Bonchev–Trinajstić information content (AvgIpc) is 2.31. The summed E-state index contributed by atoms with van der Waals surface area (Å²) in [4.78, 5) is 4.15. The molecule has 1 saturated heterocycles. The first-order valence-corrected chi connectivity index (χ1v) is 5.46. The number of nitrogens with zero attached hydrogens (tertiary/aromatic N) is 1. The van der Waals surface area contributed by atoms with Crippen LogP contribution in [0.2, 0.25) is 0 Å². The first-order chi connectivity index (χ1) is 7.19. The van der Waals surface area contributed by atoms with Crippen LogP contribution < -0.4 is 5.73 Å². The summed E-state index contributed by atoms with van der Waals surface area (Å²) in [7, 11) is 1.27. The van der Waals surface area contributed by atoms with Gasteiger partial charge < -0.3 is 15.0 Å². The Morgan fingerprint density at radius 2 is 1.62 bits per heavy atom. The van der Waals surface area contributed by atoms with Crippen LogP contribution in [0.1, 0.15) is 34.6 Å². The highest BCUT2D eigenvalue weighted by molar-refractivity contribution is 6.84. The third kappa shape index (κ3) is 2.47. The monoisotopic (exact) mass is 224 g/mol. The van der Waals surface area contributed by atoms with E-state index in [9.17, 15) is 0 Å². The highest BCUT2D eigenvalue weighted by atomic mass is 16.7. The van der Waals surface area contributed by atoms with Crippen LogP contribution in [0.15, 0.2) is 16.8 Å². The van der Waals surface area contributed by atoms with Gasteiger partial charge in [-0.25, -0.2) is 0 Å². The highest BCUT2D eigenvalue weighted by Crippen LogP contribution is 2.37. The zero-order valence-electron chi connectivity index (χ0n) is 11.0. The quantitative estimate of drug-likeness (QED) is 0.571. The minimum atomic E-state index is -0.437. The lowest BCUT2D eigenvalue weighted by Crippen LogP contribution is -2.41. The Hall–Kier alpha value is -0.805. The number of hydrogen-bond acceptors (Lipinski definition) is 4. The number of allylic oxidation sites excluding steroid dienone is 2. The SMILES string of the molecule is CN=C(/C=C(/C)N)B1OC(C)(C)C(C)(C)O1. The lowest BCUT2D eigenvalue weighted by atomic mass is 9.81. The van der Waals surface area contributed by atoms with Gasteiger partial charge in [-0.1, -0.05) is 0 Å². The molecule has 1 heterocycles. The molecule has 1 aliphatic heterocycles. The van der Waals surface area contributed by atoms with Crippen molar-refractivity contribution in [3.63, 3.8) is 0 Å². The Morgan fingerprint density at radius 3 is 1.94 bits per heavy atom. The molecule has 0 aromatic carbocycles. The van der Waals surface area contributed by atoms with Gasteiger partial charge in [0.1, 0.15) is 0 Å². The standard InChI is InChI=1S/C11H21BN2O2/c1-8(13)7-9(14-6)12-15-10(2,3)11(4,5)16-12/h7H,13H2,1-6H3/b8-7-,14-9?. The summed E-state index contributed by atoms with van der Waals surface area (Å²) in [5.41, 5.74) is 6.37. The number of nitrogens with two attached hydrogens (primary N) is 1. The van der Waals surface area contributed by atoms with Crippen molar-refractivity contribution in [2.24, 2.45) is 10.7 Å². The summed E-state index contributed by atoms with van der Waals surface area (Å²) in [5.74, 6) is 0. The van der Waals surface area contributed by atoms with Gasteiger partial charge in [-0.3, -0.25) is 4.99 Å². The third-order valence-corrected chi connectivity index (χ3v) is 3.13. The number of hydrogen-bond donors (Lipinski definition) is 1. The summed E-state index contributed by atoms with van der Waals surface area (Å²) in [6.07, 6.45) is 1.78. The van der Waals surface area contributed by atoms with E-state index >= 15 is 0 Å². The van der Waals surface area contributed by atoms with Crippen LogP contribution in [0, 0.1) is 0 Å². The molecule has 0 atom stereocenters. The zero-order valence-corrected chi connectivity index (χ0v) is 11.0. The van der Waals surface area contributed by atoms with Crippen molar-refractivity contribution in [1.29, 1.82) is 0 Å². The maximum Gasteiger partial charge on any atom is 0.514 e. The van der Waals surface area contributed by atoms with Crippen molar-refractivity contribution in [1.82, 2.24) is 0 Å². The minimum absolute atomic E-state index is 0.343. The van der Waals surface area contributed by atoms with Gasteiger partial charge in [0.25, 0.3) is 0 Å². The summed E-state index contributed by atoms with van der Waals surface area (Å²) in [5, 5.41) is 0.